The van der Waals surface area contributed by atoms with Crippen molar-refractivity contribution in [2.75, 3.05) is 38.2 Å². The number of hydrogen-bond donors (Lipinski definition) is 2. The van der Waals surface area contributed by atoms with E-state index >= 15 is 0 Å². The van der Waals surface area contributed by atoms with Crippen molar-refractivity contribution in [3.8, 4) is 17.2 Å². The second kappa shape index (κ2) is 14.3. The Kier molecular flexibility index (Phi) is 11.6. The summed E-state index contributed by atoms with van der Waals surface area (Å²) in [4.78, 5) is 2.30. The maximum absolute atomic E-state index is 13.7. The second-order valence-corrected chi connectivity index (χ2v) is 13.9. The highest BCUT2D eigenvalue weighted by Crippen LogP contribution is 2.49. The van der Waals surface area contributed by atoms with Crippen molar-refractivity contribution in [1.29, 1.82) is 0 Å². The number of halogens is 3. The SMILES string of the molecule is CN(CCCCCS(=O)CCCC(F)(F)C(C)(C)F)CCC[C@@H]1c2ccc(O)cc2OC[C@]1(C)c1ccc(O)cc1. The fourth-order valence-corrected chi connectivity index (χ4v) is 6.76. The summed E-state index contributed by atoms with van der Waals surface area (Å²) in [6.45, 7) is 6.27. The van der Waals surface area contributed by atoms with Gasteiger partial charge in [0.2, 0.25) is 0 Å². The lowest BCUT2D eigenvalue weighted by Crippen LogP contribution is -2.40. The summed E-state index contributed by atoms with van der Waals surface area (Å²) in [5.41, 5.74) is -0.669. The molecule has 2 aromatic rings. The van der Waals surface area contributed by atoms with Crippen molar-refractivity contribution in [3.63, 3.8) is 0 Å². The van der Waals surface area contributed by atoms with Crippen LogP contribution in [0.15, 0.2) is 42.5 Å². The summed E-state index contributed by atoms with van der Waals surface area (Å²) < 4.78 is 59.3. The number of unbranched alkanes of at least 4 members (excludes halogenated alkanes) is 2. The minimum Gasteiger partial charge on any atom is -0.508 e. The molecule has 1 aliphatic heterocycles. The number of phenols is 2. The van der Waals surface area contributed by atoms with E-state index in [1.807, 2.05) is 18.2 Å². The largest absolute Gasteiger partial charge is 0.508 e. The van der Waals surface area contributed by atoms with E-state index in [2.05, 4.69) is 18.9 Å². The molecule has 0 spiro atoms. The highest BCUT2D eigenvalue weighted by Gasteiger charge is 2.46. The van der Waals surface area contributed by atoms with Gasteiger partial charge in [-0.3, -0.25) is 4.21 Å². The zero-order valence-corrected chi connectivity index (χ0v) is 25.6. The summed E-state index contributed by atoms with van der Waals surface area (Å²) in [7, 11) is 0.940. The molecule has 0 bridgehead atoms. The Morgan fingerprint density at radius 3 is 2.27 bits per heavy atom. The first-order chi connectivity index (χ1) is 19.2. The zero-order chi connectivity index (χ0) is 30.3. The number of alkyl halides is 3. The third kappa shape index (κ3) is 9.11. The molecule has 0 saturated carbocycles. The van der Waals surface area contributed by atoms with E-state index in [0.29, 0.717) is 12.4 Å². The first-order valence-corrected chi connectivity index (χ1v) is 16.1. The van der Waals surface area contributed by atoms with Crippen LogP contribution in [0.3, 0.4) is 0 Å². The number of nitrogens with zero attached hydrogens (tertiary/aromatic N) is 1. The maximum atomic E-state index is 13.7. The molecule has 3 atom stereocenters. The number of aromatic hydroxyl groups is 2. The third-order valence-corrected chi connectivity index (χ3v) is 9.86. The molecular formula is C32H46F3NO4S. The van der Waals surface area contributed by atoms with Crippen LogP contribution >= 0.6 is 0 Å². The number of hydrogen-bond acceptors (Lipinski definition) is 5. The highest BCUT2D eigenvalue weighted by molar-refractivity contribution is 7.84. The van der Waals surface area contributed by atoms with Crippen LogP contribution in [0.4, 0.5) is 13.2 Å². The third-order valence-electron chi connectivity index (χ3n) is 8.37. The van der Waals surface area contributed by atoms with Gasteiger partial charge in [0, 0.05) is 46.1 Å². The number of phenolic OH excluding ortho intramolecular Hbond substituents is 2. The minimum atomic E-state index is -3.40. The Morgan fingerprint density at radius 1 is 0.951 bits per heavy atom. The van der Waals surface area contributed by atoms with Crippen molar-refractivity contribution in [1.82, 2.24) is 4.90 Å². The minimum absolute atomic E-state index is 0.0558. The molecule has 1 unspecified atom stereocenters. The van der Waals surface area contributed by atoms with E-state index in [1.165, 1.54) is 0 Å². The summed E-state index contributed by atoms with van der Waals surface area (Å²) in [6, 6.07) is 12.7. The smallest absolute Gasteiger partial charge is 0.280 e. The van der Waals surface area contributed by atoms with Crippen LogP contribution in [-0.4, -0.2) is 69.2 Å². The van der Waals surface area contributed by atoms with Gasteiger partial charge < -0.3 is 19.8 Å². The Morgan fingerprint density at radius 2 is 1.59 bits per heavy atom. The molecule has 1 aliphatic rings. The first kappa shape index (κ1) is 33.2. The predicted molar refractivity (Wildman–Crippen MR) is 160 cm³/mol. The van der Waals surface area contributed by atoms with Crippen LogP contribution < -0.4 is 4.74 Å². The molecular weight excluding hydrogens is 551 g/mol. The molecule has 2 aromatic carbocycles. The van der Waals surface area contributed by atoms with Gasteiger partial charge in [-0.05, 0) is 95.4 Å². The van der Waals surface area contributed by atoms with Gasteiger partial charge in [0.25, 0.3) is 5.92 Å². The van der Waals surface area contributed by atoms with Crippen molar-refractivity contribution in [2.45, 2.75) is 88.6 Å². The Labute approximate surface area is 245 Å². The fraction of sp³-hybridized carbons (Fsp3) is 0.625. The van der Waals surface area contributed by atoms with Gasteiger partial charge in [0.15, 0.2) is 5.67 Å². The van der Waals surface area contributed by atoms with E-state index in [-0.39, 0.29) is 35.0 Å². The molecule has 2 N–H and O–H groups in total. The summed E-state index contributed by atoms with van der Waals surface area (Å²) >= 11 is 0. The van der Waals surface area contributed by atoms with Gasteiger partial charge in [-0.15, -0.1) is 0 Å². The molecule has 0 aromatic heterocycles. The van der Waals surface area contributed by atoms with Crippen molar-refractivity contribution in [3.05, 3.63) is 53.6 Å². The average Bonchev–Trinajstić information content (AvgIpc) is 2.89. The molecule has 3 rings (SSSR count). The normalized spacial score (nSPS) is 20.0. The maximum Gasteiger partial charge on any atom is 0.280 e. The molecule has 0 aliphatic carbocycles. The van der Waals surface area contributed by atoms with Crippen molar-refractivity contribution >= 4 is 10.8 Å². The number of rotatable bonds is 16. The van der Waals surface area contributed by atoms with E-state index in [1.54, 1.807) is 24.3 Å². The van der Waals surface area contributed by atoms with Crippen LogP contribution in [0, 0.1) is 0 Å². The topological polar surface area (TPSA) is 70.0 Å². The predicted octanol–water partition coefficient (Wildman–Crippen LogP) is 7.33. The lowest BCUT2D eigenvalue weighted by atomic mass is 9.66. The fourth-order valence-electron chi connectivity index (χ4n) is 5.56. The number of benzene rings is 2. The zero-order valence-electron chi connectivity index (χ0n) is 24.8. The lowest BCUT2D eigenvalue weighted by molar-refractivity contribution is -0.124. The van der Waals surface area contributed by atoms with Crippen molar-refractivity contribution in [2.24, 2.45) is 0 Å². The van der Waals surface area contributed by atoms with Gasteiger partial charge in [0.1, 0.15) is 17.2 Å². The van der Waals surface area contributed by atoms with Gasteiger partial charge in [-0.2, -0.15) is 0 Å². The van der Waals surface area contributed by atoms with Gasteiger partial charge in [-0.1, -0.05) is 31.5 Å². The van der Waals surface area contributed by atoms with E-state index in [4.69, 9.17) is 4.74 Å². The summed E-state index contributed by atoms with van der Waals surface area (Å²) in [6.07, 6.45) is 4.04. The molecule has 5 nitrogen and oxygen atoms in total. The molecule has 9 heteroatoms. The molecule has 0 saturated heterocycles. The first-order valence-electron chi connectivity index (χ1n) is 14.6. The average molecular weight is 598 g/mol. The molecule has 1 heterocycles. The van der Waals surface area contributed by atoms with Crippen LogP contribution in [0.2, 0.25) is 0 Å². The van der Waals surface area contributed by atoms with Crippen LogP contribution in [0.25, 0.3) is 0 Å². The van der Waals surface area contributed by atoms with E-state index in [9.17, 15) is 27.6 Å². The molecule has 0 amide bonds. The summed E-state index contributed by atoms with van der Waals surface area (Å²) in [5.74, 6) is -1.42. The standard InChI is InChI=1S/C32H46F3NO4S/c1-30(2,33)32(34,35)17-9-21-41(39)20-7-5-6-18-36(4)19-8-10-28-27-16-15-26(38)22-29(27)40-23-31(28,3)24-11-13-25(37)14-12-24/h11-16,22,28,37-38H,5-10,17-21,23H2,1-4H3/t28-,31-,41?/m1/s1. The Bertz CT molecular complexity index is 1140. The van der Waals surface area contributed by atoms with Gasteiger partial charge in [-0.25, -0.2) is 13.2 Å². The van der Waals surface area contributed by atoms with Gasteiger partial charge in [0.05, 0.1) is 6.61 Å². The molecule has 41 heavy (non-hydrogen) atoms. The summed E-state index contributed by atoms with van der Waals surface area (Å²) in [5, 5.41) is 19.8. The van der Waals surface area contributed by atoms with Crippen LogP contribution in [0.1, 0.15) is 82.8 Å². The van der Waals surface area contributed by atoms with E-state index in [0.717, 1.165) is 75.9 Å². The van der Waals surface area contributed by atoms with Crippen LogP contribution in [0.5, 0.6) is 17.2 Å². The Hall–Kier alpha value is -2.26. The lowest BCUT2D eigenvalue weighted by Gasteiger charge is -2.43. The second-order valence-electron chi connectivity index (χ2n) is 12.2. The Balaban J connectivity index is 1.42. The molecule has 0 radical (unpaired) electrons. The molecule has 230 valence electrons. The van der Waals surface area contributed by atoms with E-state index < -0.39 is 28.8 Å². The number of ether oxygens (including phenoxy) is 1. The quantitative estimate of drug-likeness (QED) is 0.198. The van der Waals surface area contributed by atoms with Crippen LogP contribution in [-0.2, 0) is 16.2 Å². The van der Waals surface area contributed by atoms with Gasteiger partial charge >= 0.3 is 0 Å². The monoisotopic (exact) mass is 597 g/mol. The molecule has 0 fully saturated rings. The van der Waals surface area contributed by atoms with Crippen molar-refractivity contribution < 1.29 is 32.3 Å². The highest BCUT2D eigenvalue weighted by atomic mass is 32.2. The number of fused-ring (bicyclic) bond motifs is 1.